The highest BCUT2D eigenvalue weighted by Crippen LogP contribution is 1.97. The molecule has 0 aliphatic heterocycles. The molecule has 0 fully saturated rings. The zero-order valence-corrected chi connectivity index (χ0v) is 5.89. The molecular weight excluding hydrogens is 112 g/mol. The third-order valence-corrected chi connectivity index (χ3v) is 0.978. The monoisotopic (exact) mass is 124 g/mol. The molecule has 0 radical (unpaired) electrons. The Morgan fingerprint density at radius 3 is 2.56 bits per heavy atom. The van der Waals surface area contributed by atoms with Crippen molar-refractivity contribution in [2.75, 3.05) is 0 Å². The number of hydrogen-bond acceptors (Lipinski definition) is 2. The summed E-state index contributed by atoms with van der Waals surface area (Å²) in [4.78, 5) is 3.86. The van der Waals surface area contributed by atoms with Gasteiger partial charge < -0.3 is 5.73 Å². The molecule has 0 heterocycles. The standard InChI is InChI=1S/C7H12N2/c1-4-6(3)7(8)9-5-2/h4-5H,1,8H2,2-3H3/b7-6-,9-5?. The molecule has 0 unspecified atom stereocenters. The molecule has 0 saturated heterocycles. The molecule has 2 N–H and O–H groups in total. The van der Waals surface area contributed by atoms with Crippen molar-refractivity contribution in [3.05, 3.63) is 24.0 Å². The number of nitrogens with zero attached hydrogens (tertiary/aromatic N) is 1. The first-order valence-corrected chi connectivity index (χ1v) is 2.79. The maximum absolute atomic E-state index is 5.45. The van der Waals surface area contributed by atoms with Crippen LogP contribution in [0.3, 0.4) is 0 Å². The summed E-state index contributed by atoms with van der Waals surface area (Å²) in [5.41, 5.74) is 6.36. The van der Waals surface area contributed by atoms with E-state index < -0.39 is 0 Å². The van der Waals surface area contributed by atoms with Crippen LogP contribution >= 0.6 is 0 Å². The number of hydrogen-bond donors (Lipinski definition) is 1. The van der Waals surface area contributed by atoms with Crippen molar-refractivity contribution in [3.63, 3.8) is 0 Å². The van der Waals surface area contributed by atoms with E-state index in [-0.39, 0.29) is 0 Å². The van der Waals surface area contributed by atoms with E-state index >= 15 is 0 Å². The molecule has 0 spiro atoms. The van der Waals surface area contributed by atoms with Gasteiger partial charge in [-0.25, -0.2) is 4.99 Å². The van der Waals surface area contributed by atoms with Gasteiger partial charge in [-0.2, -0.15) is 0 Å². The quantitative estimate of drug-likeness (QED) is 0.439. The van der Waals surface area contributed by atoms with Crippen LogP contribution in [-0.4, -0.2) is 6.21 Å². The number of rotatable bonds is 2. The number of nitrogens with two attached hydrogens (primary N) is 1. The van der Waals surface area contributed by atoms with Gasteiger partial charge in [-0.3, -0.25) is 0 Å². The summed E-state index contributed by atoms with van der Waals surface area (Å²) in [7, 11) is 0. The maximum Gasteiger partial charge on any atom is 0.125 e. The van der Waals surface area contributed by atoms with Gasteiger partial charge in [0.1, 0.15) is 5.82 Å². The van der Waals surface area contributed by atoms with E-state index in [9.17, 15) is 0 Å². The van der Waals surface area contributed by atoms with E-state index in [1.54, 1.807) is 12.3 Å². The van der Waals surface area contributed by atoms with Gasteiger partial charge in [-0.1, -0.05) is 12.7 Å². The lowest BCUT2D eigenvalue weighted by atomic mass is 10.3. The molecular formula is C7H12N2. The van der Waals surface area contributed by atoms with E-state index in [0.717, 1.165) is 5.57 Å². The van der Waals surface area contributed by atoms with Crippen molar-refractivity contribution in [3.8, 4) is 0 Å². The summed E-state index contributed by atoms with van der Waals surface area (Å²) in [5, 5.41) is 0. The highest BCUT2D eigenvalue weighted by molar-refractivity contribution is 5.55. The van der Waals surface area contributed by atoms with Crippen LogP contribution in [0.5, 0.6) is 0 Å². The molecule has 0 amide bonds. The van der Waals surface area contributed by atoms with E-state index in [1.165, 1.54) is 0 Å². The molecule has 0 rings (SSSR count). The van der Waals surface area contributed by atoms with E-state index in [2.05, 4.69) is 11.6 Å². The molecule has 0 saturated carbocycles. The van der Waals surface area contributed by atoms with Crippen molar-refractivity contribution in [2.45, 2.75) is 13.8 Å². The SMILES string of the molecule is C=C/C(C)=C(/N)N=CC. The summed E-state index contributed by atoms with van der Waals surface area (Å²) in [6.45, 7) is 7.25. The fraction of sp³-hybridized carbons (Fsp3) is 0.286. The van der Waals surface area contributed by atoms with Crippen molar-refractivity contribution in [2.24, 2.45) is 10.7 Å². The Morgan fingerprint density at radius 2 is 2.22 bits per heavy atom. The average Bonchev–Trinajstić information content (AvgIpc) is 1.87. The molecule has 0 aliphatic carbocycles. The average molecular weight is 124 g/mol. The molecule has 0 aromatic heterocycles. The van der Waals surface area contributed by atoms with Gasteiger partial charge in [0.25, 0.3) is 0 Å². The van der Waals surface area contributed by atoms with Gasteiger partial charge in [0.15, 0.2) is 0 Å². The molecule has 0 aromatic rings. The molecule has 9 heavy (non-hydrogen) atoms. The topological polar surface area (TPSA) is 38.4 Å². The summed E-state index contributed by atoms with van der Waals surface area (Å²) in [6.07, 6.45) is 3.34. The Labute approximate surface area is 55.8 Å². The van der Waals surface area contributed by atoms with Crippen LogP contribution in [-0.2, 0) is 0 Å². The molecule has 50 valence electrons. The Bertz CT molecular complexity index is 154. The first kappa shape index (κ1) is 7.95. The summed E-state index contributed by atoms with van der Waals surface area (Å²) < 4.78 is 0. The van der Waals surface area contributed by atoms with Gasteiger partial charge in [0.2, 0.25) is 0 Å². The summed E-state index contributed by atoms with van der Waals surface area (Å²) in [5.74, 6) is 0.535. The fourth-order valence-electron chi connectivity index (χ4n) is 0.345. The highest BCUT2D eigenvalue weighted by Gasteiger charge is 1.85. The van der Waals surface area contributed by atoms with Gasteiger partial charge in [0, 0.05) is 6.21 Å². The predicted molar refractivity (Wildman–Crippen MR) is 41.3 cm³/mol. The molecule has 2 heteroatoms. The van der Waals surface area contributed by atoms with E-state index in [4.69, 9.17) is 5.73 Å². The van der Waals surface area contributed by atoms with Crippen LogP contribution in [0.1, 0.15) is 13.8 Å². The smallest absolute Gasteiger partial charge is 0.125 e. The zero-order valence-electron chi connectivity index (χ0n) is 5.89. The lowest BCUT2D eigenvalue weighted by Crippen LogP contribution is -1.95. The maximum atomic E-state index is 5.45. The lowest BCUT2D eigenvalue weighted by Gasteiger charge is -1.93. The lowest BCUT2D eigenvalue weighted by molar-refractivity contribution is 1.19. The van der Waals surface area contributed by atoms with Gasteiger partial charge in [0.05, 0.1) is 0 Å². The summed E-state index contributed by atoms with van der Waals surface area (Å²) in [6, 6.07) is 0. The second-order valence-corrected chi connectivity index (χ2v) is 1.66. The Morgan fingerprint density at radius 1 is 1.67 bits per heavy atom. The van der Waals surface area contributed by atoms with E-state index in [1.807, 2.05) is 13.8 Å². The van der Waals surface area contributed by atoms with Gasteiger partial charge in [-0.15, -0.1) is 0 Å². The van der Waals surface area contributed by atoms with E-state index in [0.29, 0.717) is 5.82 Å². The normalized spacial score (nSPS) is 13.6. The van der Waals surface area contributed by atoms with Crippen LogP contribution in [0.15, 0.2) is 29.0 Å². The Kier molecular flexibility index (Phi) is 3.44. The Balaban J connectivity index is 4.27. The number of allylic oxidation sites excluding steroid dienone is 2. The summed E-state index contributed by atoms with van der Waals surface area (Å²) >= 11 is 0. The van der Waals surface area contributed by atoms with Crippen molar-refractivity contribution < 1.29 is 0 Å². The van der Waals surface area contributed by atoms with Crippen LogP contribution < -0.4 is 5.73 Å². The second kappa shape index (κ2) is 3.89. The van der Waals surface area contributed by atoms with Crippen LogP contribution in [0.4, 0.5) is 0 Å². The number of aliphatic imine (C=N–C) groups is 1. The van der Waals surface area contributed by atoms with Crippen LogP contribution in [0.25, 0.3) is 0 Å². The molecule has 2 nitrogen and oxygen atoms in total. The first-order chi connectivity index (χ1) is 4.22. The zero-order chi connectivity index (χ0) is 7.28. The largest absolute Gasteiger partial charge is 0.383 e. The molecule has 0 aliphatic rings. The molecule has 0 bridgehead atoms. The second-order valence-electron chi connectivity index (χ2n) is 1.66. The Hall–Kier alpha value is -1.05. The first-order valence-electron chi connectivity index (χ1n) is 2.79. The van der Waals surface area contributed by atoms with Crippen molar-refractivity contribution in [1.29, 1.82) is 0 Å². The minimum Gasteiger partial charge on any atom is -0.383 e. The fourth-order valence-corrected chi connectivity index (χ4v) is 0.345. The highest BCUT2D eigenvalue weighted by atomic mass is 14.9. The van der Waals surface area contributed by atoms with Crippen LogP contribution in [0.2, 0.25) is 0 Å². The van der Waals surface area contributed by atoms with Crippen molar-refractivity contribution in [1.82, 2.24) is 0 Å². The molecule has 0 atom stereocenters. The third-order valence-electron chi connectivity index (χ3n) is 0.978. The van der Waals surface area contributed by atoms with Crippen LogP contribution in [0, 0.1) is 0 Å². The van der Waals surface area contributed by atoms with Gasteiger partial charge >= 0.3 is 0 Å². The van der Waals surface area contributed by atoms with Gasteiger partial charge in [-0.05, 0) is 19.4 Å². The minimum absolute atomic E-state index is 0.535. The predicted octanol–water partition coefficient (Wildman–Crippen LogP) is 1.45. The third kappa shape index (κ3) is 2.69. The van der Waals surface area contributed by atoms with Crippen molar-refractivity contribution >= 4 is 6.21 Å². The molecule has 0 aromatic carbocycles. The minimum atomic E-state index is 0.535.